The van der Waals surface area contributed by atoms with Gasteiger partial charge < -0.3 is 5.73 Å². The lowest BCUT2D eigenvalue weighted by molar-refractivity contribution is 0.788. The van der Waals surface area contributed by atoms with Gasteiger partial charge in [-0.15, -0.1) is 5.10 Å². The molecule has 0 saturated heterocycles. The van der Waals surface area contributed by atoms with Crippen LogP contribution in [0, 0.1) is 13.8 Å². The van der Waals surface area contributed by atoms with E-state index in [1.165, 1.54) is 0 Å². The van der Waals surface area contributed by atoms with Gasteiger partial charge in [0.25, 0.3) is 0 Å². The van der Waals surface area contributed by atoms with Crippen molar-refractivity contribution in [1.82, 2.24) is 20.2 Å². The first-order chi connectivity index (χ1) is 10.1. The van der Waals surface area contributed by atoms with Gasteiger partial charge >= 0.3 is 0 Å². The Labute approximate surface area is 130 Å². The fourth-order valence-electron chi connectivity index (χ4n) is 2.28. The Morgan fingerprint density at radius 1 is 1.14 bits per heavy atom. The summed E-state index contributed by atoms with van der Waals surface area (Å²) in [7, 11) is 0. The van der Waals surface area contributed by atoms with Crippen molar-refractivity contribution in [3.63, 3.8) is 0 Å². The van der Waals surface area contributed by atoms with Crippen molar-refractivity contribution in [2.24, 2.45) is 0 Å². The zero-order valence-corrected chi connectivity index (χ0v) is 13.3. The zero-order chi connectivity index (χ0) is 15.0. The van der Waals surface area contributed by atoms with Gasteiger partial charge in [0.1, 0.15) is 0 Å². The Hall–Kier alpha value is -2.21. The molecule has 0 radical (unpaired) electrons. The van der Waals surface area contributed by atoms with Crippen molar-refractivity contribution in [2.75, 3.05) is 5.73 Å². The molecule has 0 spiro atoms. The summed E-state index contributed by atoms with van der Waals surface area (Å²) in [5, 5.41) is 12.1. The molecule has 3 rings (SSSR count). The second-order valence-corrected chi connectivity index (χ2v) is 5.76. The fraction of sp³-hybridized carbons (Fsp3) is 0.133. The molecule has 6 heteroatoms. The second kappa shape index (κ2) is 5.29. The average Bonchev–Trinajstić information content (AvgIpc) is 2.87. The summed E-state index contributed by atoms with van der Waals surface area (Å²) < 4.78 is 2.63. The minimum atomic E-state index is 0.634. The van der Waals surface area contributed by atoms with Crippen LogP contribution < -0.4 is 5.73 Å². The van der Waals surface area contributed by atoms with Crippen molar-refractivity contribution in [3.8, 4) is 17.1 Å². The number of nitrogens with zero attached hydrogens (tertiary/aromatic N) is 4. The molecule has 0 unspecified atom stereocenters. The molecule has 21 heavy (non-hydrogen) atoms. The quantitative estimate of drug-likeness (QED) is 0.725. The normalized spacial score (nSPS) is 10.8. The number of halogens is 1. The van der Waals surface area contributed by atoms with Gasteiger partial charge in [-0.1, -0.05) is 18.2 Å². The van der Waals surface area contributed by atoms with Crippen molar-refractivity contribution < 1.29 is 0 Å². The number of nitrogen functional groups attached to an aromatic ring is 1. The van der Waals surface area contributed by atoms with Crippen molar-refractivity contribution >= 4 is 21.6 Å². The maximum atomic E-state index is 6.10. The molecule has 1 aromatic heterocycles. The number of hydrogen-bond donors (Lipinski definition) is 1. The van der Waals surface area contributed by atoms with E-state index >= 15 is 0 Å². The highest BCUT2D eigenvalue weighted by molar-refractivity contribution is 9.10. The smallest absolute Gasteiger partial charge is 0.189 e. The summed E-state index contributed by atoms with van der Waals surface area (Å²) >= 11 is 3.56. The Morgan fingerprint density at radius 2 is 1.95 bits per heavy atom. The van der Waals surface area contributed by atoms with Crippen LogP contribution in [-0.4, -0.2) is 20.2 Å². The van der Waals surface area contributed by atoms with Crippen molar-refractivity contribution in [2.45, 2.75) is 13.8 Å². The predicted molar refractivity (Wildman–Crippen MR) is 86.2 cm³/mol. The van der Waals surface area contributed by atoms with Crippen molar-refractivity contribution in [1.29, 1.82) is 0 Å². The SMILES string of the molecule is Cc1ccc(-n2nnnc2-c2c(C)cccc2N)c(Br)c1. The minimum Gasteiger partial charge on any atom is -0.398 e. The monoisotopic (exact) mass is 343 g/mol. The highest BCUT2D eigenvalue weighted by Gasteiger charge is 2.17. The molecule has 5 nitrogen and oxygen atoms in total. The number of rotatable bonds is 2. The molecule has 3 aromatic rings. The van der Waals surface area contributed by atoms with E-state index in [0.29, 0.717) is 11.5 Å². The molecular formula is C15H14BrN5. The Bertz CT molecular complexity index is 789. The lowest BCUT2D eigenvalue weighted by Gasteiger charge is -2.11. The van der Waals surface area contributed by atoms with Crippen LogP contribution in [0.4, 0.5) is 5.69 Å². The molecule has 0 aliphatic heterocycles. The number of nitrogens with two attached hydrogens (primary N) is 1. The molecule has 2 N–H and O–H groups in total. The number of aromatic nitrogens is 4. The van der Waals surface area contributed by atoms with Gasteiger partial charge in [0, 0.05) is 15.7 Å². The summed E-state index contributed by atoms with van der Waals surface area (Å²) in [6.07, 6.45) is 0. The summed E-state index contributed by atoms with van der Waals surface area (Å²) in [4.78, 5) is 0. The third-order valence-electron chi connectivity index (χ3n) is 3.33. The van der Waals surface area contributed by atoms with E-state index in [9.17, 15) is 0 Å². The van der Waals surface area contributed by atoms with Gasteiger partial charge in [-0.25, -0.2) is 0 Å². The standard InChI is InChI=1S/C15H14BrN5/c1-9-6-7-13(11(16)8-9)21-15(18-19-20-21)14-10(2)4-3-5-12(14)17/h3-8H,17H2,1-2H3. The van der Waals surface area contributed by atoms with Gasteiger partial charge in [0.15, 0.2) is 5.82 Å². The molecule has 0 amide bonds. The largest absolute Gasteiger partial charge is 0.398 e. The first-order valence-corrected chi connectivity index (χ1v) is 7.27. The summed E-state index contributed by atoms with van der Waals surface area (Å²) in [5.41, 5.74) is 10.7. The molecule has 0 atom stereocenters. The highest BCUT2D eigenvalue weighted by Crippen LogP contribution is 2.30. The van der Waals surface area contributed by atoms with E-state index in [1.54, 1.807) is 4.68 Å². The van der Waals surface area contributed by atoms with Crippen LogP contribution in [0.25, 0.3) is 17.1 Å². The molecule has 2 aromatic carbocycles. The van der Waals surface area contributed by atoms with Gasteiger partial charge in [0.05, 0.1) is 5.69 Å². The number of tetrazole rings is 1. The van der Waals surface area contributed by atoms with E-state index in [1.807, 2.05) is 50.2 Å². The molecule has 0 saturated carbocycles. The second-order valence-electron chi connectivity index (χ2n) is 4.91. The third-order valence-corrected chi connectivity index (χ3v) is 3.96. The topological polar surface area (TPSA) is 69.6 Å². The third kappa shape index (κ3) is 2.42. The number of anilines is 1. The molecule has 0 fully saturated rings. The molecule has 0 bridgehead atoms. The average molecular weight is 344 g/mol. The minimum absolute atomic E-state index is 0.634. The lowest BCUT2D eigenvalue weighted by atomic mass is 10.1. The molecule has 106 valence electrons. The lowest BCUT2D eigenvalue weighted by Crippen LogP contribution is -2.04. The predicted octanol–water partition coefficient (Wildman–Crippen LogP) is 3.29. The van der Waals surface area contributed by atoms with E-state index in [4.69, 9.17) is 5.73 Å². The summed E-state index contributed by atoms with van der Waals surface area (Å²) in [6, 6.07) is 11.8. The van der Waals surface area contributed by atoms with Crippen LogP contribution in [0.3, 0.4) is 0 Å². The van der Waals surface area contributed by atoms with E-state index in [0.717, 1.165) is 26.9 Å². The van der Waals surface area contributed by atoms with Crippen LogP contribution in [0.1, 0.15) is 11.1 Å². The summed E-state index contributed by atoms with van der Waals surface area (Å²) in [5.74, 6) is 0.634. The first kappa shape index (κ1) is 13.8. The number of aryl methyl sites for hydroxylation is 2. The number of benzene rings is 2. The molecule has 1 heterocycles. The molecule has 0 aliphatic carbocycles. The maximum Gasteiger partial charge on any atom is 0.189 e. The summed E-state index contributed by atoms with van der Waals surface area (Å²) in [6.45, 7) is 4.03. The van der Waals surface area contributed by atoms with Crippen molar-refractivity contribution in [3.05, 3.63) is 52.0 Å². The van der Waals surface area contributed by atoms with Gasteiger partial charge in [-0.2, -0.15) is 4.68 Å². The number of hydrogen-bond acceptors (Lipinski definition) is 4. The Kier molecular flexibility index (Phi) is 3.47. The van der Waals surface area contributed by atoms with E-state index in [2.05, 4.69) is 31.5 Å². The zero-order valence-electron chi connectivity index (χ0n) is 11.7. The van der Waals surface area contributed by atoms with Crippen LogP contribution in [0.15, 0.2) is 40.9 Å². The van der Waals surface area contributed by atoms with Crippen LogP contribution in [0.2, 0.25) is 0 Å². The van der Waals surface area contributed by atoms with Crippen LogP contribution in [-0.2, 0) is 0 Å². The van der Waals surface area contributed by atoms with Gasteiger partial charge in [-0.3, -0.25) is 0 Å². The van der Waals surface area contributed by atoms with Gasteiger partial charge in [-0.05, 0) is 69.5 Å². The Balaban J connectivity index is 2.22. The van der Waals surface area contributed by atoms with Gasteiger partial charge in [0.2, 0.25) is 0 Å². The van der Waals surface area contributed by atoms with Crippen LogP contribution in [0.5, 0.6) is 0 Å². The van der Waals surface area contributed by atoms with E-state index < -0.39 is 0 Å². The highest BCUT2D eigenvalue weighted by atomic mass is 79.9. The van der Waals surface area contributed by atoms with Crippen LogP contribution >= 0.6 is 15.9 Å². The maximum absolute atomic E-state index is 6.10. The first-order valence-electron chi connectivity index (χ1n) is 6.48. The fourth-order valence-corrected chi connectivity index (χ4v) is 2.95. The van der Waals surface area contributed by atoms with E-state index in [-0.39, 0.29) is 0 Å². The molecule has 0 aliphatic rings. The molecular weight excluding hydrogens is 330 g/mol. The Morgan fingerprint density at radius 3 is 2.67 bits per heavy atom.